The Kier molecular flexibility index (Phi) is 4.39. The molecule has 0 N–H and O–H groups in total. The number of carbonyl (C=O) groups excluding carboxylic acids is 1. The van der Waals surface area contributed by atoms with Crippen molar-refractivity contribution in [3.05, 3.63) is 0 Å². The lowest BCUT2D eigenvalue weighted by atomic mass is 9.96. The molecular weight excluding hydrogens is 164 g/mol. The van der Waals surface area contributed by atoms with Gasteiger partial charge in [0, 0.05) is 6.54 Å². The molecule has 1 rings (SSSR count). The Bertz CT molecular complexity index is 151. The summed E-state index contributed by atoms with van der Waals surface area (Å²) in [4.78, 5) is 14.8. The van der Waals surface area contributed by atoms with Gasteiger partial charge in [0.15, 0.2) is 0 Å². The van der Waals surface area contributed by atoms with Crippen LogP contribution in [-0.2, 0) is 4.79 Å². The van der Waals surface area contributed by atoms with Gasteiger partial charge in [0.25, 0.3) is 0 Å². The predicted molar refractivity (Wildman–Crippen MR) is 53.8 cm³/mol. The van der Waals surface area contributed by atoms with Gasteiger partial charge in [-0.2, -0.15) is 0 Å². The molecule has 1 heterocycles. The van der Waals surface area contributed by atoms with E-state index in [1.54, 1.807) is 0 Å². The van der Waals surface area contributed by atoms with Crippen molar-refractivity contribution < 1.29 is 4.79 Å². The van der Waals surface area contributed by atoms with Crippen LogP contribution >= 0.6 is 0 Å². The first-order chi connectivity index (χ1) is 6.22. The average molecular weight is 184 g/mol. The van der Waals surface area contributed by atoms with Gasteiger partial charge in [0.2, 0.25) is 0 Å². The van der Waals surface area contributed by atoms with Gasteiger partial charge in [-0.15, -0.1) is 0 Å². The van der Waals surface area contributed by atoms with E-state index in [0.29, 0.717) is 6.54 Å². The summed E-state index contributed by atoms with van der Waals surface area (Å²) in [6.07, 6.45) is 3.49. The summed E-state index contributed by atoms with van der Waals surface area (Å²) < 4.78 is 0. The minimum absolute atomic E-state index is 0.620. The quantitative estimate of drug-likeness (QED) is 0.593. The van der Waals surface area contributed by atoms with Crippen LogP contribution in [-0.4, -0.2) is 56.4 Å². The third kappa shape index (κ3) is 3.87. The lowest BCUT2D eigenvalue weighted by molar-refractivity contribution is -0.109. The molecule has 0 aromatic heterocycles. The number of piperidine rings is 1. The molecule has 1 aliphatic rings. The van der Waals surface area contributed by atoms with Gasteiger partial charge in [0.1, 0.15) is 6.29 Å². The molecule has 0 spiro atoms. The normalized spacial score (nSPS) is 20.8. The summed E-state index contributed by atoms with van der Waals surface area (Å²) in [7, 11) is 4.25. The minimum atomic E-state index is 0.620. The number of aldehydes is 1. The molecule has 0 bridgehead atoms. The van der Waals surface area contributed by atoms with Gasteiger partial charge in [-0.1, -0.05) is 0 Å². The van der Waals surface area contributed by atoms with Crippen molar-refractivity contribution in [1.82, 2.24) is 9.80 Å². The fourth-order valence-corrected chi connectivity index (χ4v) is 1.97. The number of rotatable bonds is 4. The summed E-state index contributed by atoms with van der Waals surface area (Å²) in [5.41, 5.74) is 0. The van der Waals surface area contributed by atoms with Crippen LogP contribution in [0.3, 0.4) is 0 Å². The molecule has 13 heavy (non-hydrogen) atoms. The molecule has 1 saturated heterocycles. The Balaban J connectivity index is 2.18. The molecular formula is C10H20N2O. The van der Waals surface area contributed by atoms with E-state index in [0.717, 1.165) is 25.3 Å². The zero-order valence-corrected chi connectivity index (χ0v) is 8.70. The van der Waals surface area contributed by atoms with Crippen LogP contribution in [0, 0.1) is 5.92 Å². The molecule has 3 heteroatoms. The Hall–Kier alpha value is -0.410. The molecule has 1 fully saturated rings. The second-order valence-corrected chi connectivity index (χ2v) is 4.17. The fourth-order valence-electron chi connectivity index (χ4n) is 1.97. The Morgan fingerprint density at radius 2 is 2.00 bits per heavy atom. The summed E-state index contributed by atoms with van der Waals surface area (Å²) in [5.74, 6) is 0.831. The van der Waals surface area contributed by atoms with Crippen LogP contribution in [0.15, 0.2) is 0 Å². The maximum Gasteiger partial charge on any atom is 0.133 e. The Morgan fingerprint density at radius 1 is 1.38 bits per heavy atom. The highest BCUT2D eigenvalue weighted by molar-refractivity contribution is 5.51. The lowest BCUT2D eigenvalue weighted by Gasteiger charge is -2.31. The van der Waals surface area contributed by atoms with Crippen LogP contribution in [0.5, 0.6) is 0 Å². The molecule has 76 valence electrons. The van der Waals surface area contributed by atoms with Gasteiger partial charge in [-0.05, 0) is 45.9 Å². The monoisotopic (exact) mass is 184 g/mol. The average Bonchev–Trinajstić information content (AvgIpc) is 2.08. The molecule has 3 nitrogen and oxygen atoms in total. The van der Waals surface area contributed by atoms with Gasteiger partial charge in [0.05, 0.1) is 6.54 Å². The molecule has 0 aromatic rings. The zero-order chi connectivity index (χ0) is 9.68. The maximum atomic E-state index is 10.3. The summed E-state index contributed by atoms with van der Waals surface area (Å²) in [6, 6.07) is 0. The first-order valence-corrected chi connectivity index (χ1v) is 5.03. The molecule has 0 saturated carbocycles. The predicted octanol–water partition coefficient (Wildman–Crippen LogP) is 0.459. The third-order valence-electron chi connectivity index (χ3n) is 2.66. The number of carbonyl (C=O) groups is 1. The Morgan fingerprint density at radius 3 is 2.46 bits per heavy atom. The zero-order valence-electron chi connectivity index (χ0n) is 8.70. The molecule has 0 aliphatic carbocycles. The first kappa shape index (κ1) is 10.7. The van der Waals surface area contributed by atoms with Crippen molar-refractivity contribution in [2.45, 2.75) is 12.8 Å². The highest BCUT2D eigenvalue weighted by Gasteiger charge is 2.18. The van der Waals surface area contributed by atoms with Gasteiger partial charge in [-0.3, -0.25) is 4.90 Å². The molecule has 0 atom stereocenters. The first-order valence-electron chi connectivity index (χ1n) is 5.03. The van der Waals surface area contributed by atoms with E-state index in [2.05, 4.69) is 23.9 Å². The van der Waals surface area contributed by atoms with Crippen molar-refractivity contribution in [3.8, 4) is 0 Å². The van der Waals surface area contributed by atoms with E-state index in [1.165, 1.54) is 19.4 Å². The second kappa shape index (κ2) is 5.35. The minimum Gasteiger partial charge on any atom is -0.309 e. The Labute approximate surface area is 80.7 Å². The van der Waals surface area contributed by atoms with Crippen LogP contribution in [0.4, 0.5) is 0 Å². The van der Waals surface area contributed by atoms with E-state index in [1.807, 2.05) is 0 Å². The number of likely N-dealkylation sites (tertiary alicyclic amines) is 1. The van der Waals surface area contributed by atoms with Crippen molar-refractivity contribution in [2.75, 3.05) is 40.3 Å². The second-order valence-electron chi connectivity index (χ2n) is 4.17. The molecule has 0 amide bonds. The molecule has 0 aromatic carbocycles. The van der Waals surface area contributed by atoms with Crippen LogP contribution in [0.1, 0.15) is 12.8 Å². The number of nitrogens with zero attached hydrogens (tertiary/aromatic N) is 2. The largest absolute Gasteiger partial charge is 0.309 e. The van der Waals surface area contributed by atoms with Crippen molar-refractivity contribution in [1.29, 1.82) is 0 Å². The van der Waals surface area contributed by atoms with Crippen LogP contribution in [0.25, 0.3) is 0 Å². The third-order valence-corrected chi connectivity index (χ3v) is 2.66. The number of hydrogen-bond donors (Lipinski definition) is 0. The van der Waals surface area contributed by atoms with E-state index in [4.69, 9.17) is 0 Å². The highest BCUT2D eigenvalue weighted by atomic mass is 16.1. The standard InChI is InChI=1S/C10H20N2O/c1-11(2)9-10-3-5-12(6-4-10)7-8-13/h8,10H,3-7,9H2,1-2H3. The van der Waals surface area contributed by atoms with Crippen molar-refractivity contribution in [2.24, 2.45) is 5.92 Å². The van der Waals surface area contributed by atoms with Crippen LogP contribution < -0.4 is 0 Å². The summed E-state index contributed by atoms with van der Waals surface area (Å²) in [6.45, 7) is 4.00. The number of hydrogen-bond acceptors (Lipinski definition) is 3. The van der Waals surface area contributed by atoms with Gasteiger partial charge >= 0.3 is 0 Å². The van der Waals surface area contributed by atoms with Gasteiger partial charge < -0.3 is 9.69 Å². The molecule has 1 aliphatic heterocycles. The van der Waals surface area contributed by atoms with E-state index in [9.17, 15) is 4.79 Å². The molecule has 0 unspecified atom stereocenters. The van der Waals surface area contributed by atoms with E-state index >= 15 is 0 Å². The maximum absolute atomic E-state index is 10.3. The van der Waals surface area contributed by atoms with Crippen molar-refractivity contribution in [3.63, 3.8) is 0 Å². The topological polar surface area (TPSA) is 23.6 Å². The van der Waals surface area contributed by atoms with E-state index < -0.39 is 0 Å². The smallest absolute Gasteiger partial charge is 0.133 e. The highest BCUT2D eigenvalue weighted by Crippen LogP contribution is 2.16. The van der Waals surface area contributed by atoms with Crippen LogP contribution in [0.2, 0.25) is 0 Å². The summed E-state index contributed by atoms with van der Waals surface area (Å²) >= 11 is 0. The fraction of sp³-hybridized carbons (Fsp3) is 0.900. The molecule has 0 radical (unpaired) electrons. The van der Waals surface area contributed by atoms with Crippen molar-refractivity contribution >= 4 is 6.29 Å². The van der Waals surface area contributed by atoms with E-state index in [-0.39, 0.29) is 0 Å². The summed E-state index contributed by atoms with van der Waals surface area (Å²) in [5, 5.41) is 0. The van der Waals surface area contributed by atoms with Gasteiger partial charge in [-0.25, -0.2) is 0 Å². The lowest BCUT2D eigenvalue weighted by Crippen LogP contribution is -2.37. The SMILES string of the molecule is CN(C)CC1CCN(CC=O)CC1.